The maximum atomic E-state index is 13.8. The number of fused-ring (bicyclic) bond motifs is 2. The van der Waals surface area contributed by atoms with Gasteiger partial charge in [-0.2, -0.15) is 9.97 Å². The van der Waals surface area contributed by atoms with Gasteiger partial charge >= 0.3 is 6.01 Å². The molecule has 3 aliphatic heterocycles. The number of ether oxygens (including phenoxy) is 1. The van der Waals surface area contributed by atoms with Crippen LogP contribution in [0.4, 0.5) is 15.9 Å². The summed E-state index contributed by atoms with van der Waals surface area (Å²) in [6.07, 6.45) is 5.76. The largest absolute Gasteiger partial charge is 0.462 e. The Hall–Kier alpha value is -4.23. The number of hydrogen-bond donors (Lipinski definition) is 0. The number of aryl methyl sites for hydroxylation is 1. The summed E-state index contributed by atoms with van der Waals surface area (Å²) < 4.78 is 20.1. The molecule has 6 rings (SSSR count). The second-order valence-corrected chi connectivity index (χ2v) is 12.3. The van der Waals surface area contributed by atoms with Crippen molar-refractivity contribution in [3.05, 3.63) is 77.0 Å². The summed E-state index contributed by atoms with van der Waals surface area (Å²) in [5.74, 6) is -0.951. The molecule has 0 bridgehead atoms. The van der Waals surface area contributed by atoms with Crippen molar-refractivity contribution in [2.45, 2.75) is 51.6 Å². The third-order valence-corrected chi connectivity index (χ3v) is 9.37. The number of carbonyl (C=O) groups excluding carboxylic acids is 1. The lowest BCUT2D eigenvalue weighted by Gasteiger charge is -2.41. The maximum absolute atomic E-state index is 13.8. The summed E-state index contributed by atoms with van der Waals surface area (Å²) in [6.45, 7) is 19.0. The van der Waals surface area contributed by atoms with Crippen LogP contribution in [0.1, 0.15) is 42.5 Å². The van der Waals surface area contributed by atoms with E-state index in [4.69, 9.17) is 21.3 Å². The number of anilines is 2. The summed E-state index contributed by atoms with van der Waals surface area (Å²) in [7, 11) is 0. The summed E-state index contributed by atoms with van der Waals surface area (Å²) in [5.41, 5.74) is 4.43. The smallest absolute Gasteiger partial charge is 0.318 e. The van der Waals surface area contributed by atoms with Gasteiger partial charge in [-0.1, -0.05) is 49.8 Å². The Balaban J connectivity index is 1.30. The minimum atomic E-state index is -0.998. The highest BCUT2D eigenvalue weighted by molar-refractivity contribution is 5.97. The summed E-state index contributed by atoms with van der Waals surface area (Å²) >= 11 is 0. The third kappa shape index (κ3) is 6.74. The molecule has 236 valence electrons. The van der Waals surface area contributed by atoms with Gasteiger partial charge in [0, 0.05) is 49.4 Å². The molecule has 0 radical (unpaired) electrons. The number of halogens is 1. The molecule has 0 saturated carbocycles. The second kappa shape index (κ2) is 13.8. The molecular formula is C35H42FN7O2. The van der Waals surface area contributed by atoms with Gasteiger partial charge in [0.25, 0.3) is 5.91 Å². The molecule has 1 atom stereocenters. The fourth-order valence-electron chi connectivity index (χ4n) is 7.05. The van der Waals surface area contributed by atoms with E-state index < -0.39 is 17.8 Å². The number of nitrogens with zero attached hydrogens (tertiary/aromatic N) is 7. The molecule has 0 spiro atoms. The van der Waals surface area contributed by atoms with E-state index in [1.807, 2.05) is 0 Å². The van der Waals surface area contributed by atoms with E-state index in [-0.39, 0.29) is 13.1 Å². The van der Waals surface area contributed by atoms with E-state index in [1.165, 1.54) is 52.6 Å². The zero-order valence-corrected chi connectivity index (χ0v) is 26.2. The van der Waals surface area contributed by atoms with Crippen LogP contribution in [-0.2, 0) is 17.8 Å². The van der Waals surface area contributed by atoms with Crippen molar-refractivity contribution in [1.82, 2.24) is 19.8 Å². The molecule has 2 fully saturated rings. The van der Waals surface area contributed by atoms with Crippen molar-refractivity contribution in [3.63, 3.8) is 0 Å². The number of aromatic nitrogens is 2. The highest BCUT2D eigenvalue weighted by Crippen LogP contribution is 2.36. The number of amides is 1. The van der Waals surface area contributed by atoms with Crippen molar-refractivity contribution in [2.24, 2.45) is 0 Å². The van der Waals surface area contributed by atoms with Crippen molar-refractivity contribution in [1.29, 1.82) is 0 Å². The van der Waals surface area contributed by atoms with Gasteiger partial charge in [-0.15, -0.1) is 0 Å². The Morgan fingerprint density at radius 1 is 1.04 bits per heavy atom. The van der Waals surface area contributed by atoms with Crippen molar-refractivity contribution >= 4 is 28.2 Å². The van der Waals surface area contributed by atoms with Gasteiger partial charge in [0.15, 0.2) is 5.83 Å². The lowest BCUT2D eigenvalue weighted by Crippen LogP contribution is -2.57. The van der Waals surface area contributed by atoms with E-state index >= 15 is 0 Å². The molecule has 45 heavy (non-hydrogen) atoms. The molecule has 3 aliphatic rings. The van der Waals surface area contributed by atoms with Gasteiger partial charge in [-0.25, -0.2) is 11.0 Å². The third-order valence-electron chi connectivity index (χ3n) is 9.37. The van der Waals surface area contributed by atoms with Crippen LogP contribution in [0.5, 0.6) is 6.01 Å². The summed E-state index contributed by atoms with van der Waals surface area (Å²) in [5, 5.41) is 2.47. The van der Waals surface area contributed by atoms with Gasteiger partial charge in [0.2, 0.25) is 6.54 Å². The normalized spacial score (nSPS) is 19.1. The number of rotatable bonds is 8. The minimum Gasteiger partial charge on any atom is -0.462 e. The molecule has 0 N–H and O–H groups in total. The number of piperazine rings is 1. The Morgan fingerprint density at radius 3 is 2.58 bits per heavy atom. The van der Waals surface area contributed by atoms with Crippen molar-refractivity contribution in [3.8, 4) is 6.01 Å². The zero-order chi connectivity index (χ0) is 31.3. The first-order chi connectivity index (χ1) is 21.9. The van der Waals surface area contributed by atoms with E-state index in [2.05, 4.69) is 69.4 Å². The minimum absolute atomic E-state index is 0.0796. The van der Waals surface area contributed by atoms with Gasteiger partial charge in [-0.3, -0.25) is 9.69 Å². The first kappa shape index (κ1) is 30.8. The topological polar surface area (TPSA) is 69.4 Å². The van der Waals surface area contributed by atoms with Crippen molar-refractivity contribution in [2.75, 3.05) is 68.8 Å². The highest BCUT2D eigenvalue weighted by Gasteiger charge is 2.36. The molecule has 10 heteroatoms. The van der Waals surface area contributed by atoms with Gasteiger partial charge in [0.05, 0.1) is 12.2 Å². The zero-order valence-electron chi connectivity index (χ0n) is 26.2. The quantitative estimate of drug-likeness (QED) is 0.257. The fraction of sp³-hybridized carbons (Fsp3) is 0.486. The van der Waals surface area contributed by atoms with Crippen LogP contribution in [0.2, 0.25) is 0 Å². The molecule has 3 aromatic rings. The average molecular weight is 612 g/mol. The lowest BCUT2D eigenvalue weighted by atomic mass is 9.99. The molecule has 0 unspecified atom stereocenters. The number of likely N-dealkylation sites (tertiary alicyclic amines) is 1. The Labute approximate surface area is 265 Å². The van der Waals surface area contributed by atoms with E-state index in [1.54, 1.807) is 0 Å². The lowest BCUT2D eigenvalue weighted by molar-refractivity contribution is -0.131. The van der Waals surface area contributed by atoms with Crippen LogP contribution in [-0.4, -0.2) is 90.7 Å². The number of hydrogen-bond acceptors (Lipinski definition) is 7. The Morgan fingerprint density at radius 2 is 1.82 bits per heavy atom. The molecular weight excluding hydrogens is 569 g/mol. The second-order valence-electron chi connectivity index (χ2n) is 12.3. The van der Waals surface area contributed by atoms with Gasteiger partial charge in [0.1, 0.15) is 18.5 Å². The molecule has 4 heterocycles. The van der Waals surface area contributed by atoms with Crippen LogP contribution >= 0.6 is 0 Å². The van der Waals surface area contributed by atoms with Crippen LogP contribution in [0, 0.1) is 13.5 Å². The molecule has 2 aromatic carbocycles. The maximum Gasteiger partial charge on any atom is 0.318 e. The van der Waals surface area contributed by atoms with Crippen LogP contribution in [0.25, 0.3) is 15.6 Å². The standard InChI is InChI=1S/C35H42FN7O2/c1-25-10-8-11-27-12-9-13-31(32(25)27)41-17-14-29-30(24-41)38-35(45-21-20-40-15-6-4-5-7-16-40)39-33(29)42-18-19-43(34(44)26(2)36)28(23-42)22-37-3/h8-13,28H,2,4-7,14-24H2,1H3/t28-/m0/s1. The molecule has 2 saturated heterocycles. The number of carbonyl (C=O) groups is 1. The summed E-state index contributed by atoms with van der Waals surface area (Å²) in [6, 6.07) is 12.7. The first-order valence-corrected chi connectivity index (χ1v) is 16.1. The van der Waals surface area contributed by atoms with E-state index in [0.29, 0.717) is 32.3 Å². The Kier molecular flexibility index (Phi) is 9.45. The van der Waals surface area contributed by atoms with Gasteiger partial charge in [-0.05, 0) is 56.3 Å². The predicted octanol–water partition coefficient (Wildman–Crippen LogP) is 5.18. The van der Waals surface area contributed by atoms with Crippen LogP contribution in [0.15, 0.2) is 48.8 Å². The van der Waals surface area contributed by atoms with Crippen LogP contribution in [0.3, 0.4) is 0 Å². The molecule has 9 nitrogen and oxygen atoms in total. The monoisotopic (exact) mass is 611 g/mol. The SMILES string of the molecule is [C-]#[N+]C[C@H]1CN(c2nc(OCCN3CCCCCC3)nc3c2CCN(c2cccc4cccc(C)c24)C3)CCN1C(=O)C(=C)F. The molecule has 1 aromatic heterocycles. The van der Waals surface area contributed by atoms with E-state index in [9.17, 15) is 9.18 Å². The van der Waals surface area contributed by atoms with Crippen molar-refractivity contribution < 1.29 is 13.9 Å². The fourth-order valence-corrected chi connectivity index (χ4v) is 7.05. The van der Waals surface area contributed by atoms with Gasteiger partial charge < -0.3 is 24.3 Å². The molecule has 0 aliphatic carbocycles. The highest BCUT2D eigenvalue weighted by atomic mass is 19.1. The average Bonchev–Trinajstić information content (AvgIpc) is 3.33. The van der Waals surface area contributed by atoms with E-state index in [0.717, 1.165) is 49.7 Å². The predicted molar refractivity (Wildman–Crippen MR) is 175 cm³/mol. The molecule has 1 amide bonds. The summed E-state index contributed by atoms with van der Waals surface area (Å²) in [4.78, 5) is 34.4. The first-order valence-electron chi connectivity index (χ1n) is 16.1. The Bertz CT molecular complexity index is 1590. The van der Waals surface area contributed by atoms with Crippen LogP contribution < -0.4 is 14.5 Å². The number of benzene rings is 2.